The molecule has 1 aliphatic rings. The molecule has 0 aromatic heterocycles. The van der Waals surface area contributed by atoms with Gasteiger partial charge in [0.2, 0.25) is 0 Å². The number of aliphatic carboxylic acids is 1. The molecule has 1 aromatic carbocycles. The van der Waals surface area contributed by atoms with E-state index in [1.54, 1.807) is 13.0 Å². The maximum absolute atomic E-state index is 11.1. The molecule has 2 rings (SSSR count). The molecule has 16 heavy (non-hydrogen) atoms. The highest BCUT2D eigenvalue weighted by molar-refractivity contribution is 6.31. The largest absolute Gasteiger partial charge is 0.481 e. The molecular formula is C12H13ClO3. The number of rotatable bonds is 3. The van der Waals surface area contributed by atoms with Crippen LogP contribution in [-0.4, -0.2) is 24.3 Å². The zero-order valence-corrected chi connectivity index (χ0v) is 9.70. The van der Waals surface area contributed by atoms with Crippen LogP contribution in [0, 0.1) is 5.92 Å². The van der Waals surface area contributed by atoms with Crippen molar-refractivity contribution in [1.82, 2.24) is 0 Å². The Kier molecular flexibility index (Phi) is 2.91. The van der Waals surface area contributed by atoms with Gasteiger partial charge in [-0.3, -0.25) is 4.79 Å². The highest BCUT2D eigenvalue weighted by Gasteiger charge is 2.49. The normalized spacial score (nSPS) is 19.9. The maximum atomic E-state index is 11.1. The molecule has 1 unspecified atom stereocenters. The maximum Gasteiger partial charge on any atom is 0.307 e. The molecule has 1 N–H and O–H groups in total. The van der Waals surface area contributed by atoms with E-state index in [0.29, 0.717) is 18.2 Å². The van der Waals surface area contributed by atoms with Gasteiger partial charge in [0, 0.05) is 5.02 Å². The fourth-order valence-corrected chi connectivity index (χ4v) is 2.39. The van der Waals surface area contributed by atoms with Gasteiger partial charge in [0.15, 0.2) is 0 Å². The van der Waals surface area contributed by atoms with E-state index in [-0.39, 0.29) is 0 Å². The topological polar surface area (TPSA) is 46.5 Å². The Hall–Kier alpha value is -1.06. The predicted octanol–water partition coefficient (Wildman–Crippen LogP) is 2.33. The monoisotopic (exact) mass is 240 g/mol. The van der Waals surface area contributed by atoms with Gasteiger partial charge in [-0.25, -0.2) is 0 Å². The Labute approximate surface area is 99.0 Å². The molecule has 0 radical (unpaired) electrons. The van der Waals surface area contributed by atoms with Gasteiger partial charge in [0.05, 0.1) is 24.5 Å². The average molecular weight is 241 g/mol. The van der Waals surface area contributed by atoms with Crippen LogP contribution in [-0.2, 0) is 14.9 Å². The van der Waals surface area contributed by atoms with E-state index in [0.717, 1.165) is 5.56 Å². The second kappa shape index (κ2) is 4.07. The highest BCUT2D eigenvalue weighted by Crippen LogP contribution is 2.42. The van der Waals surface area contributed by atoms with Crippen molar-refractivity contribution in [3.63, 3.8) is 0 Å². The van der Waals surface area contributed by atoms with Crippen molar-refractivity contribution in [1.29, 1.82) is 0 Å². The number of carboxylic acids is 1. The molecule has 1 saturated heterocycles. The number of hydrogen-bond donors (Lipinski definition) is 1. The number of hydrogen-bond acceptors (Lipinski definition) is 2. The van der Waals surface area contributed by atoms with E-state index in [9.17, 15) is 4.79 Å². The molecule has 86 valence electrons. The third-order valence-corrected chi connectivity index (χ3v) is 3.66. The summed E-state index contributed by atoms with van der Waals surface area (Å²) in [7, 11) is 0. The summed E-state index contributed by atoms with van der Waals surface area (Å²) in [6.45, 7) is 2.54. The van der Waals surface area contributed by atoms with Crippen molar-refractivity contribution in [3.8, 4) is 0 Å². The molecule has 1 heterocycles. The fraction of sp³-hybridized carbons (Fsp3) is 0.417. The Bertz CT molecular complexity index is 412. The van der Waals surface area contributed by atoms with Crippen molar-refractivity contribution in [3.05, 3.63) is 34.9 Å². The van der Waals surface area contributed by atoms with Crippen LogP contribution in [0.1, 0.15) is 12.5 Å². The van der Waals surface area contributed by atoms with E-state index >= 15 is 0 Å². The summed E-state index contributed by atoms with van der Waals surface area (Å²) >= 11 is 6.12. The van der Waals surface area contributed by atoms with Gasteiger partial charge in [-0.15, -0.1) is 0 Å². The van der Waals surface area contributed by atoms with E-state index in [4.69, 9.17) is 21.4 Å². The summed E-state index contributed by atoms with van der Waals surface area (Å²) in [4.78, 5) is 11.1. The summed E-state index contributed by atoms with van der Waals surface area (Å²) in [6, 6.07) is 7.37. The lowest BCUT2D eigenvalue weighted by Gasteiger charge is -2.45. The SMILES string of the molecule is CC(C(=O)O)C1(c2ccccc2Cl)COC1. The third-order valence-electron chi connectivity index (χ3n) is 3.33. The molecule has 4 heteroatoms. The van der Waals surface area contributed by atoms with Gasteiger partial charge in [0.25, 0.3) is 0 Å². The van der Waals surface area contributed by atoms with Gasteiger partial charge in [0.1, 0.15) is 0 Å². The Balaban J connectivity index is 2.43. The zero-order valence-electron chi connectivity index (χ0n) is 8.94. The molecule has 0 amide bonds. The van der Waals surface area contributed by atoms with Crippen LogP contribution < -0.4 is 0 Å². The number of benzene rings is 1. The molecule has 0 bridgehead atoms. The molecule has 3 nitrogen and oxygen atoms in total. The number of carboxylic acid groups (broad SMARTS) is 1. The Morgan fingerprint density at radius 1 is 1.50 bits per heavy atom. The van der Waals surface area contributed by atoms with Crippen molar-refractivity contribution >= 4 is 17.6 Å². The van der Waals surface area contributed by atoms with Gasteiger partial charge in [-0.2, -0.15) is 0 Å². The van der Waals surface area contributed by atoms with Crippen molar-refractivity contribution in [2.24, 2.45) is 5.92 Å². The fourth-order valence-electron chi connectivity index (χ4n) is 2.06. The van der Waals surface area contributed by atoms with Crippen LogP contribution >= 0.6 is 11.6 Å². The van der Waals surface area contributed by atoms with Gasteiger partial charge in [-0.05, 0) is 11.6 Å². The number of ether oxygens (including phenoxy) is 1. The van der Waals surface area contributed by atoms with Crippen LogP contribution in [0.15, 0.2) is 24.3 Å². The summed E-state index contributed by atoms with van der Waals surface area (Å²) in [6.07, 6.45) is 0. The Morgan fingerprint density at radius 2 is 2.12 bits per heavy atom. The van der Waals surface area contributed by atoms with E-state index in [2.05, 4.69) is 0 Å². The van der Waals surface area contributed by atoms with Gasteiger partial charge >= 0.3 is 5.97 Å². The van der Waals surface area contributed by atoms with Crippen LogP contribution in [0.2, 0.25) is 5.02 Å². The third kappa shape index (κ3) is 1.60. The van der Waals surface area contributed by atoms with E-state index in [1.807, 2.05) is 18.2 Å². The summed E-state index contributed by atoms with van der Waals surface area (Å²) in [5, 5.41) is 9.75. The van der Waals surface area contributed by atoms with Crippen molar-refractivity contribution in [2.45, 2.75) is 12.3 Å². The Morgan fingerprint density at radius 3 is 2.56 bits per heavy atom. The molecule has 0 spiro atoms. The first-order chi connectivity index (χ1) is 7.58. The molecule has 0 saturated carbocycles. The van der Waals surface area contributed by atoms with Gasteiger partial charge < -0.3 is 9.84 Å². The van der Waals surface area contributed by atoms with Crippen LogP contribution in [0.25, 0.3) is 0 Å². The number of carbonyl (C=O) groups is 1. The lowest BCUT2D eigenvalue weighted by Crippen LogP contribution is -2.54. The molecule has 1 aliphatic heterocycles. The second-order valence-corrected chi connectivity index (χ2v) is 4.60. The molecule has 1 fully saturated rings. The van der Waals surface area contributed by atoms with Crippen molar-refractivity contribution < 1.29 is 14.6 Å². The standard InChI is InChI=1S/C12H13ClO3/c1-8(11(14)15)12(6-16-7-12)9-4-2-3-5-10(9)13/h2-5,8H,6-7H2,1H3,(H,14,15). The molecule has 1 aromatic rings. The van der Waals surface area contributed by atoms with Crippen LogP contribution in [0.3, 0.4) is 0 Å². The first-order valence-electron chi connectivity index (χ1n) is 5.13. The first kappa shape index (κ1) is 11.4. The summed E-state index contributed by atoms with van der Waals surface area (Å²) in [5.74, 6) is -1.32. The minimum absolute atomic E-state index is 0.421. The second-order valence-electron chi connectivity index (χ2n) is 4.19. The average Bonchev–Trinajstić information content (AvgIpc) is 2.18. The minimum Gasteiger partial charge on any atom is -0.481 e. The van der Waals surface area contributed by atoms with E-state index in [1.165, 1.54) is 0 Å². The van der Waals surface area contributed by atoms with Crippen LogP contribution in [0.4, 0.5) is 0 Å². The predicted molar refractivity (Wildman–Crippen MR) is 60.7 cm³/mol. The zero-order chi connectivity index (χ0) is 11.8. The summed E-state index contributed by atoms with van der Waals surface area (Å²) in [5.41, 5.74) is 0.405. The first-order valence-corrected chi connectivity index (χ1v) is 5.51. The smallest absolute Gasteiger partial charge is 0.307 e. The van der Waals surface area contributed by atoms with Gasteiger partial charge in [-0.1, -0.05) is 36.7 Å². The highest BCUT2D eigenvalue weighted by atomic mass is 35.5. The van der Waals surface area contributed by atoms with E-state index < -0.39 is 17.3 Å². The molecular weight excluding hydrogens is 228 g/mol. The summed E-state index contributed by atoms with van der Waals surface area (Å²) < 4.78 is 5.20. The quantitative estimate of drug-likeness (QED) is 0.882. The lowest BCUT2D eigenvalue weighted by molar-refractivity contribution is -0.155. The van der Waals surface area contributed by atoms with Crippen LogP contribution in [0.5, 0.6) is 0 Å². The number of halogens is 1. The molecule has 0 aliphatic carbocycles. The van der Waals surface area contributed by atoms with Crippen molar-refractivity contribution in [2.75, 3.05) is 13.2 Å². The molecule has 1 atom stereocenters. The lowest BCUT2D eigenvalue weighted by atomic mass is 9.69. The minimum atomic E-state index is -0.816.